The van der Waals surface area contributed by atoms with Crippen LogP contribution in [0.25, 0.3) is 0 Å². The molecule has 0 spiro atoms. The van der Waals surface area contributed by atoms with Crippen LogP contribution in [0.1, 0.15) is 37.2 Å². The molecule has 2 heterocycles. The smallest absolute Gasteiger partial charge is 0.236 e. The molecule has 1 N–H and O–H groups in total. The molecule has 1 aromatic carbocycles. The van der Waals surface area contributed by atoms with E-state index in [1.165, 1.54) is 6.07 Å². The topological polar surface area (TPSA) is 54.2 Å². The van der Waals surface area contributed by atoms with Crippen molar-refractivity contribution in [1.29, 1.82) is 0 Å². The largest absolute Gasteiger partial charge is 0.338 e. The lowest BCUT2D eigenvalue weighted by Crippen LogP contribution is -2.44. The molecule has 2 aromatic rings. The molecule has 0 bridgehead atoms. The van der Waals surface area contributed by atoms with Crippen LogP contribution in [0.4, 0.5) is 4.39 Å². The van der Waals surface area contributed by atoms with Gasteiger partial charge in [0.05, 0.1) is 11.5 Å². The quantitative estimate of drug-likeness (QED) is 0.930. The second-order valence-corrected chi connectivity index (χ2v) is 6.26. The standard InChI is InChI=1S/C16H21FN4O.ClH/c1-16(2,11-6-4-5-7-12(11)17)15-19-14(20-22-15)13-10-18-8-9-21(13)3;/h4-7,13,18H,8-10H2,1-3H3;1H. The third-order valence-electron chi connectivity index (χ3n) is 4.33. The van der Waals surface area contributed by atoms with Gasteiger partial charge in [-0.3, -0.25) is 4.90 Å². The molecule has 0 radical (unpaired) electrons. The number of halogens is 2. The van der Waals surface area contributed by atoms with Gasteiger partial charge in [0.2, 0.25) is 5.89 Å². The molecule has 1 fully saturated rings. The van der Waals surface area contributed by atoms with E-state index in [4.69, 9.17) is 4.52 Å². The molecule has 3 rings (SSSR count). The SMILES string of the molecule is CN1CCNCC1c1noc(C(C)(C)c2ccccc2F)n1.Cl. The van der Waals surface area contributed by atoms with Gasteiger partial charge in [-0.25, -0.2) is 4.39 Å². The summed E-state index contributed by atoms with van der Waals surface area (Å²) in [5.74, 6) is 0.824. The fourth-order valence-corrected chi connectivity index (χ4v) is 2.80. The minimum absolute atomic E-state index is 0. The molecular weight excluding hydrogens is 319 g/mol. The van der Waals surface area contributed by atoms with E-state index in [1.54, 1.807) is 12.1 Å². The van der Waals surface area contributed by atoms with Gasteiger partial charge in [-0.2, -0.15) is 4.98 Å². The molecule has 0 amide bonds. The lowest BCUT2D eigenvalue weighted by molar-refractivity contribution is 0.190. The predicted octanol–water partition coefficient (Wildman–Crippen LogP) is 2.53. The Kier molecular flexibility index (Phi) is 5.39. The Morgan fingerprint density at radius 1 is 1.35 bits per heavy atom. The number of hydrogen-bond acceptors (Lipinski definition) is 5. The Balaban J connectivity index is 0.00000192. The van der Waals surface area contributed by atoms with Crippen LogP contribution in [0, 0.1) is 5.82 Å². The van der Waals surface area contributed by atoms with Crippen molar-refractivity contribution in [3.05, 3.63) is 47.4 Å². The molecule has 126 valence electrons. The summed E-state index contributed by atoms with van der Waals surface area (Å²) in [4.78, 5) is 6.74. The maximum absolute atomic E-state index is 14.1. The molecule has 1 aromatic heterocycles. The van der Waals surface area contributed by atoms with Crippen molar-refractivity contribution in [2.45, 2.75) is 25.3 Å². The normalized spacial score (nSPS) is 19.4. The first kappa shape index (κ1) is 17.8. The fraction of sp³-hybridized carbons (Fsp3) is 0.500. The van der Waals surface area contributed by atoms with Gasteiger partial charge >= 0.3 is 0 Å². The third-order valence-corrected chi connectivity index (χ3v) is 4.33. The van der Waals surface area contributed by atoms with Gasteiger partial charge in [-0.15, -0.1) is 12.4 Å². The van der Waals surface area contributed by atoms with Crippen molar-refractivity contribution < 1.29 is 8.91 Å². The van der Waals surface area contributed by atoms with E-state index in [-0.39, 0.29) is 24.3 Å². The lowest BCUT2D eigenvalue weighted by atomic mass is 9.84. The number of piperazine rings is 1. The summed E-state index contributed by atoms with van der Waals surface area (Å²) in [6.45, 7) is 6.47. The van der Waals surface area contributed by atoms with Crippen molar-refractivity contribution in [3.63, 3.8) is 0 Å². The van der Waals surface area contributed by atoms with E-state index in [1.807, 2.05) is 27.0 Å². The number of nitrogens with one attached hydrogen (secondary N) is 1. The van der Waals surface area contributed by atoms with E-state index in [0.717, 1.165) is 19.6 Å². The average molecular weight is 341 g/mol. The first-order valence-electron chi connectivity index (χ1n) is 7.50. The van der Waals surface area contributed by atoms with Gasteiger partial charge in [0.25, 0.3) is 0 Å². The maximum Gasteiger partial charge on any atom is 0.236 e. The summed E-state index contributed by atoms with van der Waals surface area (Å²) >= 11 is 0. The highest BCUT2D eigenvalue weighted by Gasteiger charge is 2.34. The van der Waals surface area contributed by atoms with Crippen LogP contribution >= 0.6 is 12.4 Å². The van der Waals surface area contributed by atoms with Crippen molar-refractivity contribution in [2.75, 3.05) is 26.7 Å². The molecule has 1 saturated heterocycles. The van der Waals surface area contributed by atoms with Crippen molar-refractivity contribution in [3.8, 4) is 0 Å². The number of aromatic nitrogens is 2. The Hall–Kier alpha value is -1.50. The van der Waals surface area contributed by atoms with Crippen LogP contribution in [0.3, 0.4) is 0 Å². The van der Waals surface area contributed by atoms with Gasteiger partial charge in [-0.05, 0) is 27.0 Å². The fourth-order valence-electron chi connectivity index (χ4n) is 2.80. The monoisotopic (exact) mass is 340 g/mol. The molecule has 0 saturated carbocycles. The van der Waals surface area contributed by atoms with Crippen LogP contribution in [0.15, 0.2) is 28.8 Å². The van der Waals surface area contributed by atoms with Gasteiger partial charge in [0.1, 0.15) is 5.82 Å². The minimum atomic E-state index is -0.669. The highest BCUT2D eigenvalue weighted by molar-refractivity contribution is 5.85. The highest BCUT2D eigenvalue weighted by atomic mass is 35.5. The highest BCUT2D eigenvalue weighted by Crippen LogP contribution is 2.32. The number of rotatable bonds is 3. The first-order valence-corrected chi connectivity index (χ1v) is 7.50. The van der Waals surface area contributed by atoms with Crippen LogP contribution in [0.5, 0.6) is 0 Å². The van der Waals surface area contributed by atoms with E-state index >= 15 is 0 Å². The molecular formula is C16H22ClFN4O. The maximum atomic E-state index is 14.1. The number of hydrogen-bond donors (Lipinski definition) is 1. The Morgan fingerprint density at radius 2 is 2.09 bits per heavy atom. The Morgan fingerprint density at radius 3 is 2.78 bits per heavy atom. The van der Waals surface area contributed by atoms with Crippen molar-refractivity contribution in [2.24, 2.45) is 0 Å². The Bertz CT molecular complexity index is 661. The van der Waals surface area contributed by atoms with Crippen LogP contribution in [-0.2, 0) is 5.41 Å². The van der Waals surface area contributed by atoms with E-state index in [0.29, 0.717) is 17.3 Å². The molecule has 23 heavy (non-hydrogen) atoms. The molecule has 0 aliphatic carbocycles. The summed E-state index contributed by atoms with van der Waals surface area (Å²) in [5.41, 5.74) is -0.114. The number of nitrogens with zero attached hydrogens (tertiary/aromatic N) is 3. The van der Waals surface area contributed by atoms with Crippen LogP contribution < -0.4 is 5.32 Å². The average Bonchev–Trinajstić information content (AvgIpc) is 2.98. The van der Waals surface area contributed by atoms with Gasteiger partial charge in [0.15, 0.2) is 5.82 Å². The summed E-state index contributed by atoms with van der Waals surface area (Å²) < 4.78 is 19.5. The van der Waals surface area contributed by atoms with Crippen LogP contribution in [0.2, 0.25) is 0 Å². The van der Waals surface area contributed by atoms with Gasteiger partial charge < -0.3 is 9.84 Å². The van der Waals surface area contributed by atoms with E-state index in [2.05, 4.69) is 20.4 Å². The first-order chi connectivity index (χ1) is 10.5. The van der Waals surface area contributed by atoms with Gasteiger partial charge in [-0.1, -0.05) is 23.4 Å². The zero-order chi connectivity index (χ0) is 15.7. The summed E-state index contributed by atoms with van der Waals surface area (Å²) in [6.07, 6.45) is 0. The molecule has 1 atom stereocenters. The second-order valence-electron chi connectivity index (χ2n) is 6.26. The minimum Gasteiger partial charge on any atom is -0.338 e. The van der Waals surface area contributed by atoms with Crippen molar-refractivity contribution in [1.82, 2.24) is 20.4 Å². The molecule has 1 unspecified atom stereocenters. The third kappa shape index (κ3) is 3.39. The van der Waals surface area contributed by atoms with Crippen LogP contribution in [-0.4, -0.2) is 41.7 Å². The van der Waals surface area contributed by atoms with Crippen molar-refractivity contribution >= 4 is 12.4 Å². The second kappa shape index (κ2) is 6.95. The summed E-state index contributed by atoms with van der Waals surface area (Å²) in [7, 11) is 2.05. The lowest BCUT2D eigenvalue weighted by Gasteiger charge is -2.30. The number of benzene rings is 1. The zero-order valence-electron chi connectivity index (χ0n) is 13.5. The summed E-state index contributed by atoms with van der Waals surface area (Å²) in [5, 5.41) is 7.45. The zero-order valence-corrected chi connectivity index (χ0v) is 14.4. The predicted molar refractivity (Wildman–Crippen MR) is 88.3 cm³/mol. The molecule has 5 nitrogen and oxygen atoms in total. The Labute approximate surface area is 141 Å². The summed E-state index contributed by atoms with van der Waals surface area (Å²) in [6, 6.07) is 6.79. The molecule has 1 aliphatic rings. The molecule has 1 aliphatic heterocycles. The molecule has 7 heteroatoms. The van der Waals surface area contributed by atoms with Gasteiger partial charge in [0, 0.05) is 25.2 Å². The van der Waals surface area contributed by atoms with E-state index < -0.39 is 5.41 Å². The number of likely N-dealkylation sites (N-methyl/N-ethyl adjacent to an activating group) is 1. The van der Waals surface area contributed by atoms with E-state index in [9.17, 15) is 4.39 Å².